The van der Waals surface area contributed by atoms with Gasteiger partial charge < -0.3 is 20.5 Å². The molecular weight excluding hydrogens is 364 g/mol. The zero-order valence-corrected chi connectivity index (χ0v) is 16.7. The lowest BCUT2D eigenvalue weighted by Crippen LogP contribution is -2.27. The number of aliphatic hydroxyl groups is 1. The van der Waals surface area contributed by atoms with Crippen molar-refractivity contribution in [1.29, 1.82) is 0 Å². The Balaban J connectivity index is 1.86. The molecule has 0 aliphatic carbocycles. The molecule has 29 heavy (non-hydrogen) atoms. The third kappa shape index (κ3) is 5.36. The SMILES string of the molecule is CCOc1ccc(N[C@@H](C(=O)Nc2ccc(C)cc2)c2ccccc2)cc1CO. The Morgan fingerprint density at radius 3 is 2.34 bits per heavy atom. The third-order valence-electron chi connectivity index (χ3n) is 4.56. The maximum atomic E-state index is 13.1. The summed E-state index contributed by atoms with van der Waals surface area (Å²) < 4.78 is 5.54. The van der Waals surface area contributed by atoms with Crippen LogP contribution in [0.15, 0.2) is 72.8 Å². The first-order valence-electron chi connectivity index (χ1n) is 9.66. The molecule has 0 heterocycles. The normalized spacial score (nSPS) is 11.6. The van der Waals surface area contributed by atoms with Gasteiger partial charge in [-0.05, 0) is 49.7 Å². The van der Waals surface area contributed by atoms with Gasteiger partial charge in [-0.2, -0.15) is 0 Å². The van der Waals surface area contributed by atoms with Crippen LogP contribution in [0, 0.1) is 6.92 Å². The number of carbonyl (C=O) groups excluding carboxylic acids is 1. The zero-order chi connectivity index (χ0) is 20.6. The zero-order valence-electron chi connectivity index (χ0n) is 16.7. The molecule has 0 aliphatic rings. The van der Waals surface area contributed by atoms with Crippen LogP contribution in [0.25, 0.3) is 0 Å². The van der Waals surface area contributed by atoms with E-state index in [4.69, 9.17) is 4.74 Å². The number of benzene rings is 3. The molecule has 150 valence electrons. The summed E-state index contributed by atoms with van der Waals surface area (Å²) in [4.78, 5) is 13.1. The fourth-order valence-electron chi connectivity index (χ4n) is 3.05. The highest BCUT2D eigenvalue weighted by Crippen LogP contribution is 2.27. The van der Waals surface area contributed by atoms with E-state index in [0.29, 0.717) is 17.9 Å². The van der Waals surface area contributed by atoms with Crippen molar-refractivity contribution in [3.05, 3.63) is 89.5 Å². The fraction of sp³-hybridized carbons (Fsp3) is 0.208. The molecule has 0 aromatic heterocycles. The number of nitrogens with one attached hydrogen (secondary N) is 2. The number of aryl methyl sites for hydroxylation is 1. The average molecular weight is 390 g/mol. The summed E-state index contributed by atoms with van der Waals surface area (Å²) in [5.41, 5.74) is 4.11. The van der Waals surface area contributed by atoms with E-state index >= 15 is 0 Å². The Bertz CT molecular complexity index is 940. The van der Waals surface area contributed by atoms with Gasteiger partial charge in [0.1, 0.15) is 11.8 Å². The quantitative estimate of drug-likeness (QED) is 0.522. The predicted molar refractivity (Wildman–Crippen MR) is 116 cm³/mol. The highest BCUT2D eigenvalue weighted by Gasteiger charge is 2.21. The molecule has 0 unspecified atom stereocenters. The Labute approximate surface area is 171 Å². The van der Waals surface area contributed by atoms with Gasteiger partial charge in [-0.3, -0.25) is 4.79 Å². The van der Waals surface area contributed by atoms with Crippen molar-refractivity contribution < 1.29 is 14.6 Å². The van der Waals surface area contributed by atoms with Crippen LogP contribution >= 0.6 is 0 Å². The molecule has 0 aliphatic heterocycles. The highest BCUT2D eigenvalue weighted by molar-refractivity contribution is 5.97. The summed E-state index contributed by atoms with van der Waals surface area (Å²) >= 11 is 0. The van der Waals surface area contributed by atoms with E-state index < -0.39 is 6.04 Å². The van der Waals surface area contributed by atoms with E-state index in [1.54, 1.807) is 12.1 Å². The van der Waals surface area contributed by atoms with Crippen molar-refractivity contribution in [3.63, 3.8) is 0 Å². The van der Waals surface area contributed by atoms with E-state index in [2.05, 4.69) is 10.6 Å². The first-order valence-corrected chi connectivity index (χ1v) is 9.66. The third-order valence-corrected chi connectivity index (χ3v) is 4.56. The minimum Gasteiger partial charge on any atom is -0.494 e. The summed E-state index contributed by atoms with van der Waals surface area (Å²) in [5.74, 6) is 0.473. The Morgan fingerprint density at radius 2 is 1.69 bits per heavy atom. The lowest BCUT2D eigenvalue weighted by atomic mass is 10.0. The van der Waals surface area contributed by atoms with Gasteiger partial charge >= 0.3 is 0 Å². The second-order valence-corrected chi connectivity index (χ2v) is 6.76. The Hall–Kier alpha value is -3.31. The summed E-state index contributed by atoms with van der Waals surface area (Å²) in [6.07, 6.45) is 0. The van der Waals surface area contributed by atoms with Crippen molar-refractivity contribution in [3.8, 4) is 5.75 Å². The number of rotatable bonds is 8. The molecule has 0 saturated carbocycles. The van der Waals surface area contributed by atoms with Crippen molar-refractivity contribution >= 4 is 17.3 Å². The van der Waals surface area contributed by atoms with Gasteiger partial charge in [-0.15, -0.1) is 0 Å². The summed E-state index contributed by atoms with van der Waals surface area (Å²) in [6.45, 7) is 4.28. The lowest BCUT2D eigenvalue weighted by Gasteiger charge is -2.21. The molecule has 1 atom stereocenters. The van der Waals surface area contributed by atoms with Gasteiger partial charge in [-0.25, -0.2) is 0 Å². The largest absolute Gasteiger partial charge is 0.494 e. The van der Waals surface area contributed by atoms with Crippen LogP contribution in [0.1, 0.15) is 29.7 Å². The van der Waals surface area contributed by atoms with Crippen LogP contribution in [0.5, 0.6) is 5.75 Å². The molecule has 3 N–H and O–H groups in total. The molecule has 1 amide bonds. The standard InChI is InChI=1S/C24H26N2O3/c1-3-29-22-14-13-21(15-19(22)16-27)25-23(18-7-5-4-6-8-18)24(28)26-20-11-9-17(2)10-12-20/h4-15,23,25,27H,3,16H2,1-2H3,(H,26,28)/t23-/m1/s1. The monoisotopic (exact) mass is 390 g/mol. The van der Waals surface area contributed by atoms with Crippen LogP contribution in [0.3, 0.4) is 0 Å². The van der Waals surface area contributed by atoms with Crippen LogP contribution in [-0.4, -0.2) is 17.6 Å². The van der Waals surface area contributed by atoms with Crippen LogP contribution in [0.2, 0.25) is 0 Å². The molecule has 0 spiro atoms. The number of hydrogen-bond acceptors (Lipinski definition) is 4. The summed E-state index contributed by atoms with van der Waals surface area (Å²) in [6, 6.07) is 22.1. The molecular formula is C24H26N2O3. The summed E-state index contributed by atoms with van der Waals surface area (Å²) in [5, 5.41) is 15.9. The molecule has 3 aromatic carbocycles. The van der Waals surface area contributed by atoms with Crippen molar-refractivity contribution in [2.24, 2.45) is 0 Å². The Morgan fingerprint density at radius 1 is 1.00 bits per heavy atom. The maximum Gasteiger partial charge on any atom is 0.251 e. The first kappa shape index (κ1) is 20.4. The number of carbonyl (C=O) groups is 1. The molecule has 5 nitrogen and oxygen atoms in total. The van der Waals surface area contributed by atoms with E-state index in [-0.39, 0.29) is 12.5 Å². The molecule has 3 rings (SSSR count). The lowest BCUT2D eigenvalue weighted by molar-refractivity contribution is -0.117. The van der Waals surface area contributed by atoms with Gasteiger partial charge in [-0.1, -0.05) is 48.0 Å². The minimum atomic E-state index is -0.595. The molecule has 0 saturated heterocycles. The number of amides is 1. The van der Waals surface area contributed by atoms with E-state index in [0.717, 1.165) is 22.5 Å². The van der Waals surface area contributed by atoms with Crippen LogP contribution in [0.4, 0.5) is 11.4 Å². The van der Waals surface area contributed by atoms with E-state index in [9.17, 15) is 9.90 Å². The second kappa shape index (κ2) is 9.75. The smallest absolute Gasteiger partial charge is 0.251 e. The number of aliphatic hydroxyl groups excluding tert-OH is 1. The highest BCUT2D eigenvalue weighted by atomic mass is 16.5. The van der Waals surface area contributed by atoms with Gasteiger partial charge in [0.15, 0.2) is 0 Å². The van der Waals surface area contributed by atoms with Gasteiger partial charge in [0.25, 0.3) is 5.91 Å². The second-order valence-electron chi connectivity index (χ2n) is 6.76. The Kier molecular flexibility index (Phi) is 6.87. The maximum absolute atomic E-state index is 13.1. The molecule has 0 radical (unpaired) electrons. The van der Waals surface area contributed by atoms with Gasteiger partial charge in [0.05, 0.1) is 13.2 Å². The van der Waals surface area contributed by atoms with Gasteiger partial charge in [0.2, 0.25) is 0 Å². The molecule has 5 heteroatoms. The topological polar surface area (TPSA) is 70.6 Å². The number of ether oxygens (including phenoxy) is 1. The van der Waals surface area contributed by atoms with Crippen molar-refractivity contribution in [2.45, 2.75) is 26.5 Å². The van der Waals surface area contributed by atoms with E-state index in [1.165, 1.54) is 0 Å². The fourth-order valence-corrected chi connectivity index (χ4v) is 3.05. The van der Waals surface area contributed by atoms with Crippen molar-refractivity contribution in [2.75, 3.05) is 17.2 Å². The number of anilines is 2. The van der Waals surface area contributed by atoms with Gasteiger partial charge in [0, 0.05) is 16.9 Å². The molecule has 0 bridgehead atoms. The van der Waals surface area contributed by atoms with Crippen LogP contribution < -0.4 is 15.4 Å². The molecule has 0 fully saturated rings. The van der Waals surface area contributed by atoms with Crippen LogP contribution in [-0.2, 0) is 11.4 Å². The number of hydrogen-bond donors (Lipinski definition) is 3. The molecule has 3 aromatic rings. The first-order chi connectivity index (χ1) is 14.1. The summed E-state index contributed by atoms with van der Waals surface area (Å²) in [7, 11) is 0. The predicted octanol–water partition coefficient (Wildman–Crippen LogP) is 4.68. The van der Waals surface area contributed by atoms with E-state index in [1.807, 2.05) is 74.5 Å². The minimum absolute atomic E-state index is 0.142. The van der Waals surface area contributed by atoms with Crippen molar-refractivity contribution in [1.82, 2.24) is 0 Å². The average Bonchev–Trinajstić information content (AvgIpc) is 2.75.